The van der Waals surface area contributed by atoms with Gasteiger partial charge in [-0.1, -0.05) is 66.2 Å². The van der Waals surface area contributed by atoms with Crippen molar-refractivity contribution in [3.05, 3.63) is 110 Å². The van der Waals surface area contributed by atoms with Crippen LogP contribution in [-0.2, 0) is 51.8 Å². The summed E-state index contributed by atoms with van der Waals surface area (Å²) in [4.78, 5) is 13.9. The van der Waals surface area contributed by atoms with Gasteiger partial charge in [-0.2, -0.15) is 17.5 Å². The lowest BCUT2D eigenvalue weighted by molar-refractivity contribution is -0.156. The zero-order chi connectivity index (χ0) is 36.9. The molecule has 1 aliphatic heterocycles. The second-order valence-electron chi connectivity index (χ2n) is 13.3. The second-order valence-corrected chi connectivity index (χ2v) is 16.9. The van der Waals surface area contributed by atoms with Crippen LogP contribution in [0.4, 0.5) is 17.6 Å². The number of sulfonamides is 1. The summed E-state index contributed by atoms with van der Waals surface area (Å²) in [5.41, 5.74) is -0.375. The van der Waals surface area contributed by atoms with Crippen LogP contribution in [0.2, 0.25) is 4.34 Å². The van der Waals surface area contributed by atoms with E-state index in [1.54, 1.807) is 36.7 Å². The predicted octanol–water partition coefficient (Wildman–Crippen LogP) is 8.61. The number of aryl methyl sites for hydroxylation is 1. The van der Waals surface area contributed by atoms with Crippen LogP contribution in [0.25, 0.3) is 11.0 Å². The highest BCUT2D eigenvalue weighted by Gasteiger charge is 2.44. The molecule has 3 aromatic carbocycles. The standard InChI is InChI=1S/C36H35ClF4N4O4S2/c1-5-45-27-14-13-26(31(38)32(27)42-43-45)30(35(3,4)34(46)49-20-22-9-7-6-8-10-22)28-16-24(33(37)50-28)19-44-18-21(2)15-23-11-12-25(36(39,40)41)17-29(23)51(44,47)48/h6-14,16-17,21,30H,5,15,18-20H2,1-4H3/t21-,30+/m0/s1. The van der Waals surface area contributed by atoms with Crippen LogP contribution in [0.5, 0.6) is 0 Å². The minimum absolute atomic E-state index is 0.0128. The van der Waals surface area contributed by atoms with Crippen molar-refractivity contribution in [2.45, 2.75) is 70.8 Å². The topological polar surface area (TPSA) is 94.4 Å². The number of carbonyl (C=O) groups is 1. The molecule has 51 heavy (non-hydrogen) atoms. The number of hydrogen-bond acceptors (Lipinski definition) is 7. The highest BCUT2D eigenvalue weighted by atomic mass is 35.5. The molecule has 15 heteroatoms. The van der Waals surface area contributed by atoms with Crippen molar-refractivity contribution in [1.82, 2.24) is 19.3 Å². The molecule has 270 valence electrons. The molecule has 0 unspecified atom stereocenters. The molecule has 8 nitrogen and oxygen atoms in total. The van der Waals surface area contributed by atoms with Crippen molar-refractivity contribution in [3.63, 3.8) is 0 Å². The molecule has 3 heterocycles. The number of benzene rings is 3. The minimum Gasteiger partial charge on any atom is -0.460 e. The molecule has 2 aromatic heterocycles. The van der Waals surface area contributed by atoms with E-state index in [1.165, 1.54) is 6.07 Å². The van der Waals surface area contributed by atoms with Gasteiger partial charge in [0.1, 0.15) is 12.1 Å². The van der Waals surface area contributed by atoms with Crippen molar-refractivity contribution in [2.75, 3.05) is 6.54 Å². The van der Waals surface area contributed by atoms with E-state index < -0.39 is 49.8 Å². The lowest BCUT2D eigenvalue weighted by Gasteiger charge is -2.32. The zero-order valence-corrected chi connectivity index (χ0v) is 30.6. The van der Waals surface area contributed by atoms with Crippen molar-refractivity contribution < 1.29 is 35.5 Å². The van der Waals surface area contributed by atoms with Crippen molar-refractivity contribution in [3.8, 4) is 0 Å². The molecule has 0 bridgehead atoms. The number of hydrogen-bond donors (Lipinski definition) is 0. The Morgan fingerprint density at radius 3 is 2.51 bits per heavy atom. The van der Waals surface area contributed by atoms with Crippen molar-refractivity contribution >= 4 is 50.0 Å². The summed E-state index contributed by atoms with van der Waals surface area (Å²) in [6, 6.07) is 16.8. The number of fused-ring (bicyclic) bond motifs is 2. The summed E-state index contributed by atoms with van der Waals surface area (Å²) in [5, 5.41) is 8.10. The fraction of sp³-hybridized carbons (Fsp3) is 0.361. The maximum atomic E-state index is 16.5. The SMILES string of the molecule is CCn1nnc2c(F)c([C@H](c3cc(CN4C[C@@H](C)Cc5ccc(C(F)(F)F)cc5S4(=O)=O)c(Cl)s3)C(C)(C)C(=O)OCc3ccccc3)ccc21. The molecule has 6 rings (SSSR count). The Kier molecular flexibility index (Phi) is 10.1. The van der Waals surface area contributed by atoms with E-state index >= 15 is 4.39 Å². The van der Waals surface area contributed by atoms with Crippen LogP contribution in [-0.4, -0.2) is 40.2 Å². The summed E-state index contributed by atoms with van der Waals surface area (Å²) in [6.45, 7) is 7.17. The Morgan fingerprint density at radius 1 is 1.10 bits per heavy atom. The van der Waals surface area contributed by atoms with Gasteiger partial charge in [-0.25, -0.2) is 17.5 Å². The van der Waals surface area contributed by atoms with Crippen LogP contribution in [0.3, 0.4) is 0 Å². The van der Waals surface area contributed by atoms with Gasteiger partial charge in [-0.05, 0) is 79.6 Å². The van der Waals surface area contributed by atoms with Crippen molar-refractivity contribution in [1.29, 1.82) is 0 Å². The first-order chi connectivity index (χ1) is 24.0. The first-order valence-corrected chi connectivity index (χ1v) is 18.9. The van der Waals surface area contributed by atoms with E-state index in [1.807, 2.05) is 44.2 Å². The Labute approximate surface area is 302 Å². The van der Waals surface area contributed by atoms with Gasteiger partial charge in [0.15, 0.2) is 5.82 Å². The Morgan fingerprint density at radius 2 is 1.82 bits per heavy atom. The van der Waals surface area contributed by atoms with Gasteiger partial charge in [-0.15, -0.1) is 16.4 Å². The second kappa shape index (κ2) is 13.9. The first-order valence-electron chi connectivity index (χ1n) is 16.2. The normalized spacial score (nSPS) is 17.2. The fourth-order valence-electron chi connectivity index (χ4n) is 6.58. The molecule has 2 atom stereocenters. The molecule has 0 fully saturated rings. The van der Waals surface area contributed by atoms with Crippen LogP contribution < -0.4 is 0 Å². The third-order valence-corrected chi connectivity index (χ3v) is 12.6. The van der Waals surface area contributed by atoms with Gasteiger partial charge < -0.3 is 4.74 Å². The van der Waals surface area contributed by atoms with Crippen LogP contribution in [0.1, 0.15) is 66.3 Å². The summed E-state index contributed by atoms with van der Waals surface area (Å²) in [6.07, 6.45) is -4.47. The fourth-order valence-corrected chi connectivity index (χ4v) is 9.96. The van der Waals surface area contributed by atoms with Gasteiger partial charge in [0.2, 0.25) is 10.0 Å². The van der Waals surface area contributed by atoms with Gasteiger partial charge in [0.05, 0.1) is 25.7 Å². The number of thiophene rings is 1. The maximum absolute atomic E-state index is 16.5. The number of alkyl halides is 3. The Balaban J connectivity index is 1.41. The zero-order valence-electron chi connectivity index (χ0n) is 28.2. The van der Waals surface area contributed by atoms with E-state index in [0.717, 1.165) is 27.3 Å². The number of aromatic nitrogens is 3. The Bertz CT molecular complexity index is 2200. The number of halogens is 5. The summed E-state index contributed by atoms with van der Waals surface area (Å²) < 4.78 is 93.9. The molecule has 0 radical (unpaired) electrons. The number of ether oxygens (including phenoxy) is 1. The third-order valence-electron chi connectivity index (χ3n) is 9.23. The molecule has 0 saturated heterocycles. The van der Waals surface area contributed by atoms with Gasteiger partial charge in [0, 0.05) is 30.4 Å². The van der Waals surface area contributed by atoms with E-state index in [9.17, 15) is 26.4 Å². The van der Waals surface area contributed by atoms with Crippen LogP contribution in [0.15, 0.2) is 71.6 Å². The number of esters is 1. The van der Waals surface area contributed by atoms with Gasteiger partial charge in [-0.3, -0.25) is 4.79 Å². The van der Waals surface area contributed by atoms with Gasteiger partial charge in [0.25, 0.3) is 0 Å². The summed E-state index contributed by atoms with van der Waals surface area (Å²) >= 11 is 7.86. The molecular formula is C36H35ClF4N4O4S2. The molecule has 0 amide bonds. The minimum atomic E-state index is -4.73. The predicted molar refractivity (Wildman–Crippen MR) is 186 cm³/mol. The summed E-state index contributed by atoms with van der Waals surface area (Å²) in [7, 11) is -4.39. The largest absolute Gasteiger partial charge is 0.460 e. The van der Waals surface area contributed by atoms with E-state index in [2.05, 4.69) is 10.3 Å². The third kappa shape index (κ3) is 7.15. The average Bonchev–Trinajstić information content (AvgIpc) is 3.64. The molecule has 0 spiro atoms. The number of carbonyl (C=O) groups excluding carboxylic acids is 1. The smallest absolute Gasteiger partial charge is 0.416 e. The quantitative estimate of drug-likeness (QED) is 0.110. The van der Waals surface area contributed by atoms with E-state index in [-0.39, 0.29) is 47.5 Å². The van der Waals surface area contributed by atoms with E-state index in [0.29, 0.717) is 34.1 Å². The Hall–Kier alpha value is -3.85. The van der Waals surface area contributed by atoms with Crippen LogP contribution in [0, 0.1) is 17.2 Å². The molecule has 0 saturated carbocycles. The lowest BCUT2D eigenvalue weighted by Crippen LogP contribution is -2.34. The number of nitrogens with zero attached hydrogens (tertiary/aromatic N) is 4. The first kappa shape index (κ1) is 36.9. The summed E-state index contributed by atoms with van der Waals surface area (Å²) in [5.74, 6) is -2.48. The van der Waals surface area contributed by atoms with Gasteiger partial charge >= 0.3 is 12.1 Å². The lowest BCUT2D eigenvalue weighted by atomic mass is 9.73. The molecule has 1 aliphatic rings. The maximum Gasteiger partial charge on any atom is 0.416 e. The van der Waals surface area contributed by atoms with Crippen molar-refractivity contribution in [2.24, 2.45) is 11.3 Å². The monoisotopic (exact) mass is 762 g/mol. The number of rotatable bonds is 9. The highest BCUT2D eigenvalue weighted by molar-refractivity contribution is 7.89. The van der Waals surface area contributed by atoms with E-state index in [4.69, 9.17) is 16.3 Å². The molecule has 5 aromatic rings. The molecular weight excluding hydrogens is 728 g/mol. The molecule has 0 aliphatic carbocycles. The van der Waals surface area contributed by atoms with Crippen LogP contribution >= 0.6 is 22.9 Å². The highest BCUT2D eigenvalue weighted by Crippen LogP contribution is 2.48. The molecule has 0 N–H and O–H groups in total. The average molecular weight is 763 g/mol.